The Hall–Kier alpha value is -3.50. The molecule has 1 saturated heterocycles. The molecule has 3 aromatic rings. The van der Waals surface area contributed by atoms with Gasteiger partial charge in [0, 0.05) is 27.8 Å². The van der Waals surface area contributed by atoms with E-state index in [1.54, 1.807) is 43.3 Å². The molecule has 0 radical (unpaired) electrons. The van der Waals surface area contributed by atoms with Gasteiger partial charge in [-0.15, -0.1) is 0 Å². The number of carbonyl (C=O) groups excluding carboxylic acids is 3. The molecule has 2 aliphatic heterocycles. The van der Waals surface area contributed by atoms with Crippen LogP contribution in [0.3, 0.4) is 0 Å². The van der Waals surface area contributed by atoms with Gasteiger partial charge in [-0.05, 0) is 48.7 Å². The van der Waals surface area contributed by atoms with Gasteiger partial charge in [-0.2, -0.15) is 0 Å². The van der Waals surface area contributed by atoms with Crippen LogP contribution in [0, 0.1) is 12.3 Å². The van der Waals surface area contributed by atoms with Crippen LogP contribution in [0.5, 0.6) is 0 Å². The Balaban J connectivity index is 1.69. The summed E-state index contributed by atoms with van der Waals surface area (Å²) in [5.74, 6) is -1.17. The van der Waals surface area contributed by atoms with Crippen LogP contribution in [0.4, 0.5) is 5.69 Å². The van der Waals surface area contributed by atoms with E-state index in [1.807, 2.05) is 54.3 Å². The molecule has 1 spiro atoms. The molecule has 3 atom stereocenters. The van der Waals surface area contributed by atoms with Crippen molar-refractivity contribution in [3.05, 3.63) is 106 Å². The maximum absolute atomic E-state index is 14.3. The molecule has 4 nitrogen and oxygen atoms in total. The molecule has 3 aromatic carbocycles. The van der Waals surface area contributed by atoms with Crippen LogP contribution in [-0.4, -0.2) is 29.4 Å². The first-order valence-electron chi connectivity index (χ1n) is 11.4. The SMILES string of the molecule is CC(=O)[C@H]1[C@@H](c2ccc(Cl)cc2)C2(C(=O)c3ccccc3C2=O)[C@@H]2C=Cc3ccc(C)cc3N21. The first-order chi connectivity index (χ1) is 16.4. The normalized spacial score (nSPS) is 23.7. The van der Waals surface area contributed by atoms with Crippen LogP contribution >= 0.6 is 11.6 Å². The molecule has 0 bridgehead atoms. The summed E-state index contributed by atoms with van der Waals surface area (Å²) >= 11 is 6.18. The molecule has 3 aliphatic rings. The third-order valence-electron chi connectivity index (χ3n) is 7.61. The number of fused-ring (bicyclic) bond motifs is 5. The molecule has 0 amide bonds. The zero-order valence-corrected chi connectivity index (χ0v) is 19.5. The highest BCUT2D eigenvalue weighted by atomic mass is 35.5. The Bertz CT molecular complexity index is 1390. The Labute approximate surface area is 202 Å². The molecular formula is C29H22ClNO3. The first kappa shape index (κ1) is 21.1. The van der Waals surface area contributed by atoms with Crippen LogP contribution in [0.25, 0.3) is 6.08 Å². The third-order valence-corrected chi connectivity index (χ3v) is 7.86. The largest absolute Gasteiger partial charge is 0.352 e. The number of carbonyl (C=O) groups is 3. The summed E-state index contributed by atoms with van der Waals surface area (Å²) in [6.07, 6.45) is 3.91. The fraction of sp³-hybridized carbons (Fsp3) is 0.207. The van der Waals surface area contributed by atoms with Gasteiger partial charge in [-0.1, -0.05) is 72.3 Å². The van der Waals surface area contributed by atoms with Crippen molar-refractivity contribution in [1.29, 1.82) is 0 Å². The molecular weight excluding hydrogens is 446 g/mol. The van der Waals surface area contributed by atoms with E-state index < -0.39 is 23.4 Å². The van der Waals surface area contributed by atoms with E-state index in [1.165, 1.54) is 0 Å². The maximum Gasteiger partial charge on any atom is 0.180 e. The second-order valence-corrected chi connectivity index (χ2v) is 9.87. The third kappa shape index (κ3) is 2.57. The lowest BCUT2D eigenvalue weighted by Crippen LogP contribution is -2.48. The Morgan fingerprint density at radius 1 is 0.941 bits per heavy atom. The number of benzene rings is 3. The summed E-state index contributed by atoms with van der Waals surface area (Å²) in [6.45, 7) is 3.55. The highest BCUT2D eigenvalue weighted by Crippen LogP contribution is 2.60. The summed E-state index contributed by atoms with van der Waals surface area (Å²) in [6, 6.07) is 19.0. The van der Waals surface area contributed by atoms with E-state index in [9.17, 15) is 14.4 Å². The van der Waals surface area contributed by atoms with Crippen molar-refractivity contribution in [3.8, 4) is 0 Å². The standard InChI is InChI=1S/C29H22ClNO3/c1-16-7-8-18-11-14-24-29(27(33)21-5-3-4-6-22(21)28(29)34)25(19-9-12-20(30)13-10-19)26(17(2)32)31(24)23(18)15-16/h3-15,24-26H,1-2H3/t24-,25+,26-/m0/s1. The number of halogens is 1. The summed E-state index contributed by atoms with van der Waals surface area (Å²) in [5, 5.41) is 0.557. The smallest absolute Gasteiger partial charge is 0.180 e. The number of hydrogen-bond donors (Lipinski definition) is 0. The van der Waals surface area contributed by atoms with E-state index in [4.69, 9.17) is 11.6 Å². The highest BCUT2D eigenvalue weighted by Gasteiger charge is 2.71. The van der Waals surface area contributed by atoms with Crippen molar-refractivity contribution < 1.29 is 14.4 Å². The minimum Gasteiger partial charge on any atom is -0.352 e. The molecule has 0 saturated carbocycles. The lowest BCUT2D eigenvalue weighted by molar-refractivity contribution is -0.118. The van der Waals surface area contributed by atoms with Gasteiger partial charge in [0.1, 0.15) is 5.41 Å². The minimum absolute atomic E-state index is 0.0823. The number of rotatable bonds is 2. The van der Waals surface area contributed by atoms with Crippen LogP contribution in [0.2, 0.25) is 5.02 Å². The number of ketones is 3. The molecule has 2 heterocycles. The molecule has 168 valence electrons. The van der Waals surface area contributed by atoms with E-state index >= 15 is 0 Å². The lowest BCUT2D eigenvalue weighted by Gasteiger charge is -2.37. The van der Waals surface area contributed by atoms with Crippen molar-refractivity contribution in [3.63, 3.8) is 0 Å². The molecule has 1 fully saturated rings. The zero-order valence-electron chi connectivity index (χ0n) is 18.8. The molecule has 0 unspecified atom stereocenters. The predicted molar refractivity (Wildman–Crippen MR) is 133 cm³/mol. The second kappa shape index (κ2) is 7.25. The number of anilines is 1. The highest BCUT2D eigenvalue weighted by molar-refractivity contribution is 6.32. The molecule has 5 heteroatoms. The molecule has 0 N–H and O–H groups in total. The van der Waals surface area contributed by atoms with Gasteiger partial charge >= 0.3 is 0 Å². The fourth-order valence-corrected chi connectivity index (χ4v) is 6.39. The van der Waals surface area contributed by atoms with Gasteiger partial charge in [0.2, 0.25) is 0 Å². The minimum atomic E-state index is -1.44. The Kier molecular flexibility index (Phi) is 4.49. The topological polar surface area (TPSA) is 54.5 Å². The molecule has 0 aromatic heterocycles. The number of nitrogens with zero attached hydrogens (tertiary/aromatic N) is 1. The van der Waals surface area contributed by atoms with Gasteiger partial charge < -0.3 is 4.90 Å². The maximum atomic E-state index is 14.3. The molecule has 6 rings (SSSR count). The van der Waals surface area contributed by atoms with Crippen LogP contribution in [0.1, 0.15) is 50.2 Å². The van der Waals surface area contributed by atoms with Gasteiger partial charge in [0.15, 0.2) is 17.3 Å². The van der Waals surface area contributed by atoms with Gasteiger partial charge in [-0.25, -0.2) is 0 Å². The van der Waals surface area contributed by atoms with Gasteiger partial charge in [-0.3, -0.25) is 14.4 Å². The molecule has 1 aliphatic carbocycles. The molecule has 34 heavy (non-hydrogen) atoms. The van der Waals surface area contributed by atoms with Crippen LogP contribution in [-0.2, 0) is 4.79 Å². The van der Waals surface area contributed by atoms with E-state index in [0.29, 0.717) is 16.1 Å². The Morgan fingerprint density at radius 2 is 1.59 bits per heavy atom. The zero-order chi connectivity index (χ0) is 23.8. The van der Waals surface area contributed by atoms with Crippen LogP contribution < -0.4 is 4.90 Å². The second-order valence-electron chi connectivity index (χ2n) is 9.43. The fourth-order valence-electron chi connectivity index (χ4n) is 6.27. The Morgan fingerprint density at radius 3 is 2.21 bits per heavy atom. The van der Waals surface area contributed by atoms with E-state index in [-0.39, 0.29) is 17.3 Å². The van der Waals surface area contributed by atoms with E-state index in [2.05, 4.69) is 0 Å². The van der Waals surface area contributed by atoms with Crippen molar-refractivity contribution in [2.75, 3.05) is 4.90 Å². The van der Waals surface area contributed by atoms with Crippen LogP contribution in [0.15, 0.2) is 72.8 Å². The van der Waals surface area contributed by atoms with Gasteiger partial charge in [0.05, 0.1) is 12.1 Å². The first-order valence-corrected chi connectivity index (χ1v) is 11.7. The summed E-state index contributed by atoms with van der Waals surface area (Å²) in [7, 11) is 0. The average molecular weight is 468 g/mol. The number of Topliss-reactive ketones (excluding diaryl/α,β-unsaturated/α-hetero) is 3. The van der Waals surface area contributed by atoms with Gasteiger partial charge in [0.25, 0.3) is 0 Å². The lowest BCUT2D eigenvalue weighted by atomic mass is 9.64. The summed E-state index contributed by atoms with van der Waals surface area (Å²) in [4.78, 5) is 43.9. The van der Waals surface area contributed by atoms with Crippen molar-refractivity contribution >= 4 is 40.7 Å². The van der Waals surface area contributed by atoms with Crippen molar-refractivity contribution in [2.45, 2.75) is 31.8 Å². The summed E-state index contributed by atoms with van der Waals surface area (Å²) in [5.41, 5.74) is 3.07. The summed E-state index contributed by atoms with van der Waals surface area (Å²) < 4.78 is 0. The average Bonchev–Trinajstić information content (AvgIpc) is 3.27. The van der Waals surface area contributed by atoms with Crippen molar-refractivity contribution in [2.24, 2.45) is 5.41 Å². The van der Waals surface area contributed by atoms with E-state index in [0.717, 1.165) is 22.4 Å². The number of hydrogen-bond acceptors (Lipinski definition) is 4. The van der Waals surface area contributed by atoms with Crippen molar-refractivity contribution in [1.82, 2.24) is 0 Å². The number of aryl methyl sites for hydroxylation is 1. The predicted octanol–water partition coefficient (Wildman–Crippen LogP) is 5.67. The quantitative estimate of drug-likeness (QED) is 0.455. The monoisotopic (exact) mass is 467 g/mol.